The number of rotatable bonds is 5. The minimum Gasteiger partial charge on any atom is -0.267 e. The molecule has 0 N–H and O–H groups in total. The van der Waals surface area contributed by atoms with E-state index >= 15 is 0 Å². The predicted octanol–water partition coefficient (Wildman–Crippen LogP) is 3.26. The Balaban J connectivity index is 2.40. The molecular formula is C13H14N2O3S3. The second-order valence-corrected chi connectivity index (χ2v) is 7.27. The Morgan fingerprint density at radius 3 is 2.10 bits per heavy atom. The molecule has 8 heteroatoms. The third kappa shape index (κ3) is 3.33. The molecule has 1 fully saturated rings. The first-order chi connectivity index (χ1) is 10.1. The fourth-order valence-electron chi connectivity index (χ4n) is 1.69. The van der Waals surface area contributed by atoms with Crippen LogP contribution in [0.25, 0.3) is 6.08 Å². The molecule has 0 spiro atoms. The van der Waals surface area contributed by atoms with Crippen molar-refractivity contribution in [1.29, 1.82) is 0 Å². The lowest BCUT2D eigenvalue weighted by Gasteiger charge is -2.31. The Hall–Kier alpha value is -1.25. The van der Waals surface area contributed by atoms with Crippen LogP contribution in [0.4, 0.5) is 4.79 Å². The van der Waals surface area contributed by atoms with Crippen molar-refractivity contribution in [1.82, 2.24) is 8.61 Å². The van der Waals surface area contributed by atoms with E-state index in [0.29, 0.717) is 11.5 Å². The van der Waals surface area contributed by atoms with Crippen molar-refractivity contribution in [3.05, 3.63) is 28.0 Å². The molecule has 0 radical (unpaired) electrons. The first kappa shape index (κ1) is 16.1. The monoisotopic (exact) mass is 342 g/mol. The Bertz CT molecular complexity index is 553. The second-order valence-electron chi connectivity index (χ2n) is 3.89. The number of thiophene rings is 1. The summed E-state index contributed by atoms with van der Waals surface area (Å²) in [5.41, 5.74) is 0.0268. The number of carbonyl (C=O) groups is 3. The van der Waals surface area contributed by atoms with Crippen LogP contribution in [-0.4, -0.2) is 38.0 Å². The number of amides is 4. The maximum absolute atomic E-state index is 12.4. The number of hydrogen-bond donors (Lipinski definition) is 0. The van der Waals surface area contributed by atoms with E-state index in [1.165, 1.54) is 11.3 Å². The zero-order valence-electron chi connectivity index (χ0n) is 11.6. The molecule has 0 saturated carbocycles. The SMILES string of the molecule is CCSN1C(=O)C(=Cc2cccs2)C(=O)N(SCC)C1=O. The fraction of sp³-hybridized carbons (Fsp3) is 0.308. The molecule has 1 aromatic heterocycles. The quantitative estimate of drug-likeness (QED) is 0.467. The van der Waals surface area contributed by atoms with E-state index in [1.54, 1.807) is 6.08 Å². The molecule has 0 bridgehead atoms. The summed E-state index contributed by atoms with van der Waals surface area (Å²) in [5.74, 6) is 0.0574. The maximum Gasteiger partial charge on any atom is 0.354 e. The van der Waals surface area contributed by atoms with Gasteiger partial charge in [0.15, 0.2) is 0 Å². The molecular weight excluding hydrogens is 328 g/mol. The molecule has 21 heavy (non-hydrogen) atoms. The summed E-state index contributed by atoms with van der Waals surface area (Å²) in [4.78, 5) is 37.8. The Labute approximate surface area is 135 Å². The third-order valence-electron chi connectivity index (χ3n) is 2.52. The van der Waals surface area contributed by atoms with Crippen LogP contribution >= 0.6 is 35.2 Å². The molecule has 0 aromatic carbocycles. The Kier molecular flexibility index (Phi) is 5.49. The highest BCUT2D eigenvalue weighted by atomic mass is 32.2. The van der Waals surface area contributed by atoms with Gasteiger partial charge in [-0.2, -0.15) is 8.61 Å². The molecule has 0 unspecified atom stereocenters. The highest BCUT2D eigenvalue weighted by Gasteiger charge is 2.42. The number of hydrogen-bond acceptors (Lipinski definition) is 6. The van der Waals surface area contributed by atoms with Gasteiger partial charge in [-0.1, -0.05) is 19.9 Å². The zero-order chi connectivity index (χ0) is 15.4. The van der Waals surface area contributed by atoms with Crippen LogP contribution in [-0.2, 0) is 9.59 Å². The van der Waals surface area contributed by atoms with Crippen LogP contribution in [0.5, 0.6) is 0 Å². The van der Waals surface area contributed by atoms with Crippen molar-refractivity contribution < 1.29 is 14.4 Å². The molecule has 2 rings (SSSR count). The normalized spacial score (nSPS) is 15.9. The smallest absolute Gasteiger partial charge is 0.267 e. The van der Waals surface area contributed by atoms with Gasteiger partial charge in [0, 0.05) is 16.4 Å². The van der Waals surface area contributed by atoms with Crippen LogP contribution in [0, 0.1) is 0 Å². The number of imide groups is 2. The highest BCUT2D eigenvalue weighted by Crippen LogP contribution is 2.30. The predicted molar refractivity (Wildman–Crippen MR) is 87.6 cm³/mol. The average Bonchev–Trinajstić information content (AvgIpc) is 2.97. The van der Waals surface area contributed by atoms with Crippen LogP contribution in [0.2, 0.25) is 0 Å². The third-order valence-corrected chi connectivity index (χ3v) is 5.02. The van der Waals surface area contributed by atoms with Crippen molar-refractivity contribution in [3.8, 4) is 0 Å². The summed E-state index contributed by atoms with van der Waals surface area (Å²) in [6.07, 6.45) is 1.55. The minimum atomic E-state index is -0.577. The fourth-order valence-corrected chi connectivity index (χ4v) is 3.73. The van der Waals surface area contributed by atoms with Crippen LogP contribution in [0.15, 0.2) is 23.1 Å². The largest absolute Gasteiger partial charge is 0.354 e. The van der Waals surface area contributed by atoms with Crippen molar-refractivity contribution in [2.24, 2.45) is 0 Å². The number of carbonyl (C=O) groups excluding carboxylic acids is 3. The summed E-state index contributed by atoms with van der Waals surface area (Å²) in [7, 11) is 0. The molecule has 1 aromatic rings. The van der Waals surface area contributed by atoms with E-state index in [4.69, 9.17) is 0 Å². The van der Waals surface area contributed by atoms with Gasteiger partial charge in [-0.05, 0) is 41.4 Å². The van der Waals surface area contributed by atoms with E-state index in [2.05, 4.69) is 0 Å². The van der Waals surface area contributed by atoms with Crippen LogP contribution in [0.3, 0.4) is 0 Å². The summed E-state index contributed by atoms with van der Waals surface area (Å²) >= 11 is 3.65. The lowest BCUT2D eigenvalue weighted by Crippen LogP contribution is -2.50. The van der Waals surface area contributed by atoms with E-state index < -0.39 is 17.8 Å². The summed E-state index contributed by atoms with van der Waals surface area (Å²) in [6, 6.07) is 3.09. The molecule has 5 nitrogen and oxygen atoms in total. The topological polar surface area (TPSA) is 57.7 Å². The molecule has 1 aliphatic rings. The van der Waals surface area contributed by atoms with E-state index in [1.807, 2.05) is 31.4 Å². The molecule has 112 valence electrons. The van der Waals surface area contributed by atoms with E-state index in [9.17, 15) is 14.4 Å². The van der Waals surface area contributed by atoms with Crippen molar-refractivity contribution >= 4 is 59.2 Å². The maximum atomic E-state index is 12.4. The van der Waals surface area contributed by atoms with Gasteiger partial charge < -0.3 is 0 Å². The highest BCUT2D eigenvalue weighted by molar-refractivity contribution is 7.99. The zero-order valence-corrected chi connectivity index (χ0v) is 14.0. The summed E-state index contributed by atoms with van der Waals surface area (Å²) in [6.45, 7) is 3.70. The number of nitrogens with zero attached hydrogens (tertiary/aromatic N) is 2. The number of barbiturate groups is 1. The summed E-state index contributed by atoms with van der Waals surface area (Å²) < 4.78 is 2.12. The lowest BCUT2D eigenvalue weighted by atomic mass is 10.1. The van der Waals surface area contributed by atoms with Gasteiger partial charge in [-0.15, -0.1) is 11.3 Å². The van der Waals surface area contributed by atoms with Crippen LogP contribution < -0.4 is 0 Å². The standard InChI is InChI=1S/C13H14N2O3S3/c1-3-20-14-11(16)10(8-9-6-5-7-19-9)12(17)15(13(14)18)21-4-2/h5-8H,3-4H2,1-2H3. The first-order valence-corrected chi connectivity index (χ1v) is 9.10. The van der Waals surface area contributed by atoms with Crippen molar-refractivity contribution in [2.75, 3.05) is 11.5 Å². The Morgan fingerprint density at radius 1 is 1.10 bits per heavy atom. The molecule has 1 saturated heterocycles. The van der Waals surface area contributed by atoms with Gasteiger partial charge in [0.2, 0.25) is 0 Å². The lowest BCUT2D eigenvalue weighted by molar-refractivity contribution is -0.129. The van der Waals surface area contributed by atoms with Gasteiger partial charge in [-0.3, -0.25) is 9.59 Å². The second kappa shape index (κ2) is 7.15. The molecule has 2 heterocycles. The van der Waals surface area contributed by atoms with Gasteiger partial charge in [0.25, 0.3) is 11.8 Å². The molecule has 0 atom stereocenters. The van der Waals surface area contributed by atoms with Crippen molar-refractivity contribution in [3.63, 3.8) is 0 Å². The Morgan fingerprint density at radius 2 is 1.67 bits per heavy atom. The first-order valence-electron chi connectivity index (χ1n) is 6.34. The minimum absolute atomic E-state index is 0.0268. The van der Waals surface area contributed by atoms with E-state index in [-0.39, 0.29) is 5.57 Å². The summed E-state index contributed by atoms with van der Waals surface area (Å²) in [5, 5.41) is 1.87. The van der Waals surface area contributed by atoms with Gasteiger partial charge in [0.05, 0.1) is 0 Å². The number of urea groups is 1. The van der Waals surface area contributed by atoms with E-state index in [0.717, 1.165) is 37.4 Å². The van der Waals surface area contributed by atoms with Gasteiger partial charge in [0.1, 0.15) is 5.57 Å². The molecule has 1 aliphatic heterocycles. The van der Waals surface area contributed by atoms with Gasteiger partial charge >= 0.3 is 6.03 Å². The van der Waals surface area contributed by atoms with Crippen molar-refractivity contribution in [2.45, 2.75) is 13.8 Å². The molecule has 0 aliphatic carbocycles. The van der Waals surface area contributed by atoms with Crippen LogP contribution in [0.1, 0.15) is 18.7 Å². The average molecular weight is 342 g/mol. The molecule has 4 amide bonds. The van der Waals surface area contributed by atoms with Gasteiger partial charge in [-0.25, -0.2) is 4.79 Å².